The van der Waals surface area contributed by atoms with Gasteiger partial charge < -0.3 is 10.2 Å². The molecular weight excluding hydrogens is 271 g/mol. The molecule has 0 aromatic heterocycles. The molecule has 0 saturated carbocycles. The molecule has 0 radical (unpaired) electrons. The van der Waals surface area contributed by atoms with E-state index in [2.05, 4.69) is 5.32 Å². The van der Waals surface area contributed by atoms with Crippen LogP contribution in [0.25, 0.3) is 0 Å². The maximum Gasteiger partial charge on any atom is 0.239 e. The second-order valence-corrected chi connectivity index (χ2v) is 4.91. The summed E-state index contributed by atoms with van der Waals surface area (Å²) in [6.45, 7) is 1.55. The van der Waals surface area contributed by atoms with Crippen LogP contribution >= 0.6 is 24.0 Å². The van der Waals surface area contributed by atoms with Gasteiger partial charge in [-0.05, 0) is 37.1 Å². The summed E-state index contributed by atoms with van der Waals surface area (Å²) in [4.78, 5) is 13.8. The van der Waals surface area contributed by atoms with E-state index in [9.17, 15) is 4.79 Å². The zero-order valence-corrected chi connectivity index (χ0v) is 11.9. The molecule has 1 fully saturated rings. The Labute approximate surface area is 119 Å². The number of hydrogen-bond acceptors (Lipinski definition) is 2. The molecule has 1 aromatic carbocycles. The number of carbonyl (C=O) groups excluding carboxylic acids is 1. The summed E-state index contributed by atoms with van der Waals surface area (Å²) in [7, 11) is 1.84. The first kappa shape index (κ1) is 15.3. The third-order valence-corrected chi connectivity index (χ3v) is 3.28. The number of nitrogens with one attached hydrogen (secondary N) is 1. The zero-order valence-electron chi connectivity index (χ0n) is 10.4. The Kier molecular flexibility index (Phi) is 5.93. The molecule has 0 bridgehead atoms. The van der Waals surface area contributed by atoms with Gasteiger partial charge in [-0.25, -0.2) is 0 Å². The second kappa shape index (κ2) is 6.98. The molecule has 18 heavy (non-hydrogen) atoms. The van der Waals surface area contributed by atoms with Crippen molar-refractivity contribution in [1.82, 2.24) is 10.2 Å². The molecule has 1 aliphatic rings. The molecule has 5 heteroatoms. The van der Waals surface area contributed by atoms with Crippen molar-refractivity contribution in [3.8, 4) is 0 Å². The summed E-state index contributed by atoms with van der Waals surface area (Å²) in [6, 6.07) is 7.62. The summed E-state index contributed by atoms with van der Waals surface area (Å²) in [5, 5.41) is 3.93. The first-order valence-corrected chi connectivity index (χ1v) is 6.27. The normalized spacial score (nSPS) is 18.2. The van der Waals surface area contributed by atoms with Gasteiger partial charge in [-0.3, -0.25) is 4.79 Å². The van der Waals surface area contributed by atoms with Crippen molar-refractivity contribution in [1.29, 1.82) is 0 Å². The number of benzene rings is 1. The van der Waals surface area contributed by atoms with Crippen LogP contribution in [0.4, 0.5) is 0 Å². The van der Waals surface area contributed by atoms with Crippen LogP contribution < -0.4 is 5.32 Å². The van der Waals surface area contributed by atoms with E-state index in [1.54, 1.807) is 4.90 Å². The van der Waals surface area contributed by atoms with Gasteiger partial charge in [-0.1, -0.05) is 23.7 Å². The molecule has 1 amide bonds. The highest BCUT2D eigenvalue weighted by atomic mass is 35.5. The number of nitrogens with zero attached hydrogens (tertiary/aromatic N) is 1. The predicted octanol–water partition coefficient (Wildman–Crippen LogP) is 2.47. The van der Waals surface area contributed by atoms with Gasteiger partial charge in [0.1, 0.15) is 0 Å². The minimum atomic E-state index is -0.000755. The fourth-order valence-corrected chi connectivity index (χ4v) is 2.36. The van der Waals surface area contributed by atoms with Crippen molar-refractivity contribution < 1.29 is 4.79 Å². The molecule has 0 unspecified atom stereocenters. The molecule has 1 N–H and O–H groups in total. The lowest BCUT2D eigenvalue weighted by Crippen LogP contribution is -2.41. The lowest BCUT2D eigenvalue weighted by Gasteiger charge is -2.21. The van der Waals surface area contributed by atoms with E-state index in [-0.39, 0.29) is 24.4 Å². The summed E-state index contributed by atoms with van der Waals surface area (Å²) in [5.41, 5.74) is 1.06. The molecule has 3 nitrogen and oxygen atoms in total. The van der Waals surface area contributed by atoms with Gasteiger partial charge >= 0.3 is 0 Å². The molecule has 2 rings (SSSR count). The van der Waals surface area contributed by atoms with E-state index in [1.165, 1.54) is 0 Å². The van der Waals surface area contributed by atoms with Crippen molar-refractivity contribution in [2.75, 3.05) is 13.6 Å². The summed E-state index contributed by atoms with van der Waals surface area (Å²) in [5.74, 6) is 0.169. The van der Waals surface area contributed by atoms with E-state index in [1.807, 2.05) is 31.3 Å². The molecular formula is C13H18Cl2N2O. The highest BCUT2D eigenvalue weighted by Crippen LogP contribution is 2.14. The molecule has 1 aromatic rings. The number of hydrogen-bond donors (Lipinski definition) is 1. The molecule has 0 aliphatic carbocycles. The van der Waals surface area contributed by atoms with Crippen LogP contribution in [0.15, 0.2) is 24.3 Å². The van der Waals surface area contributed by atoms with Crippen molar-refractivity contribution >= 4 is 29.9 Å². The average molecular weight is 289 g/mol. The monoisotopic (exact) mass is 288 g/mol. The lowest BCUT2D eigenvalue weighted by atomic mass is 10.1. The maximum absolute atomic E-state index is 12.1. The minimum Gasteiger partial charge on any atom is -0.340 e. The average Bonchev–Trinajstić information content (AvgIpc) is 2.81. The Morgan fingerprint density at radius 3 is 2.94 bits per heavy atom. The Hall–Kier alpha value is -0.770. The molecule has 100 valence electrons. The highest BCUT2D eigenvalue weighted by Gasteiger charge is 2.24. The number of halogens is 2. The number of rotatable bonds is 3. The fourth-order valence-electron chi connectivity index (χ4n) is 2.15. The third-order valence-electron chi connectivity index (χ3n) is 3.04. The fraction of sp³-hybridized carbons (Fsp3) is 0.462. The van der Waals surface area contributed by atoms with Crippen LogP contribution in [-0.4, -0.2) is 30.4 Å². The topological polar surface area (TPSA) is 32.3 Å². The van der Waals surface area contributed by atoms with Crippen molar-refractivity contribution in [3.63, 3.8) is 0 Å². The van der Waals surface area contributed by atoms with E-state index >= 15 is 0 Å². The zero-order chi connectivity index (χ0) is 12.3. The highest BCUT2D eigenvalue weighted by molar-refractivity contribution is 6.30. The first-order valence-electron chi connectivity index (χ1n) is 5.89. The Bertz CT molecular complexity index is 406. The summed E-state index contributed by atoms with van der Waals surface area (Å²) in [6.07, 6.45) is 2.03. The molecule has 1 heterocycles. The van der Waals surface area contributed by atoms with Gasteiger partial charge in [0, 0.05) is 18.6 Å². The van der Waals surface area contributed by atoms with Gasteiger partial charge in [0.2, 0.25) is 5.91 Å². The number of amides is 1. The molecule has 0 spiro atoms. The summed E-state index contributed by atoms with van der Waals surface area (Å²) >= 11 is 5.92. The van der Waals surface area contributed by atoms with Crippen LogP contribution in [-0.2, 0) is 11.3 Å². The quantitative estimate of drug-likeness (QED) is 0.927. The lowest BCUT2D eigenvalue weighted by molar-refractivity contribution is -0.132. The van der Waals surface area contributed by atoms with E-state index < -0.39 is 0 Å². The predicted molar refractivity (Wildman–Crippen MR) is 76.2 cm³/mol. The van der Waals surface area contributed by atoms with E-state index in [4.69, 9.17) is 11.6 Å². The molecule has 1 saturated heterocycles. The first-order chi connectivity index (χ1) is 8.16. The van der Waals surface area contributed by atoms with Crippen LogP contribution in [0.5, 0.6) is 0 Å². The van der Waals surface area contributed by atoms with Gasteiger partial charge in [-0.2, -0.15) is 0 Å². The van der Waals surface area contributed by atoms with Crippen molar-refractivity contribution in [3.05, 3.63) is 34.9 Å². The van der Waals surface area contributed by atoms with Crippen LogP contribution in [0.3, 0.4) is 0 Å². The van der Waals surface area contributed by atoms with Gasteiger partial charge in [0.05, 0.1) is 6.04 Å². The number of likely N-dealkylation sites (N-methyl/N-ethyl adjacent to an activating group) is 1. The molecule has 1 aliphatic heterocycles. The van der Waals surface area contributed by atoms with Crippen LogP contribution in [0.2, 0.25) is 5.02 Å². The third kappa shape index (κ3) is 3.87. The van der Waals surface area contributed by atoms with Gasteiger partial charge in [0.15, 0.2) is 0 Å². The van der Waals surface area contributed by atoms with Crippen molar-refractivity contribution in [2.24, 2.45) is 0 Å². The largest absolute Gasteiger partial charge is 0.340 e. The van der Waals surface area contributed by atoms with Crippen LogP contribution in [0, 0.1) is 0 Å². The number of carbonyl (C=O) groups is 1. The summed E-state index contributed by atoms with van der Waals surface area (Å²) < 4.78 is 0. The Balaban J connectivity index is 0.00000162. The standard InChI is InChI=1S/C13H17ClN2O.ClH/c1-16(13(17)12-6-3-7-15-12)9-10-4-2-5-11(14)8-10;/h2,4-5,8,12,15H,3,6-7,9H2,1H3;1H/t12-;/m0./s1. The maximum atomic E-state index is 12.1. The van der Waals surface area contributed by atoms with Gasteiger partial charge in [-0.15, -0.1) is 12.4 Å². The van der Waals surface area contributed by atoms with Gasteiger partial charge in [0.25, 0.3) is 0 Å². The molecule has 1 atom stereocenters. The van der Waals surface area contributed by atoms with Crippen molar-refractivity contribution in [2.45, 2.75) is 25.4 Å². The van der Waals surface area contributed by atoms with E-state index in [0.717, 1.165) is 24.9 Å². The Morgan fingerprint density at radius 2 is 2.33 bits per heavy atom. The second-order valence-electron chi connectivity index (χ2n) is 4.47. The van der Waals surface area contributed by atoms with E-state index in [0.29, 0.717) is 11.6 Å². The SMILES string of the molecule is CN(Cc1cccc(Cl)c1)C(=O)[C@@H]1CCCN1.Cl. The minimum absolute atomic E-state index is 0. The smallest absolute Gasteiger partial charge is 0.239 e. The Morgan fingerprint density at radius 1 is 1.56 bits per heavy atom. The van der Waals surface area contributed by atoms with Crippen LogP contribution in [0.1, 0.15) is 18.4 Å².